The molecule has 4 heteroatoms. The molecule has 0 saturated carbocycles. The Kier molecular flexibility index (Phi) is 3.27. The van der Waals surface area contributed by atoms with Crippen molar-refractivity contribution in [3.63, 3.8) is 0 Å². The molecule has 0 amide bonds. The second kappa shape index (κ2) is 4.86. The highest BCUT2D eigenvalue weighted by Crippen LogP contribution is 2.23. The van der Waals surface area contributed by atoms with E-state index in [-0.39, 0.29) is 0 Å². The topological polar surface area (TPSA) is 48.7 Å². The molecule has 2 rings (SSSR count). The van der Waals surface area contributed by atoms with Crippen LogP contribution >= 0.6 is 11.6 Å². The standard InChI is InChI=1S/C13H10ClN3/c1-9-6-10(14)2-3-13(9)17-11-4-5-16-12(7-11)8-15/h2-7H,1H3,(H,16,17). The Balaban J connectivity index is 2.28. The van der Waals surface area contributed by atoms with Crippen molar-refractivity contribution in [2.24, 2.45) is 0 Å². The normalized spacial score (nSPS) is 9.71. The van der Waals surface area contributed by atoms with Gasteiger partial charge in [0, 0.05) is 22.6 Å². The van der Waals surface area contributed by atoms with E-state index < -0.39 is 0 Å². The molecule has 0 saturated heterocycles. The van der Waals surface area contributed by atoms with E-state index in [1.54, 1.807) is 12.3 Å². The number of benzene rings is 1. The van der Waals surface area contributed by atoms with Gasteiger partial charge >= 0.3 is 0 Å². The van der Waals surface area contributed by atoms with E-state index in [1.165, 1.54) is 0 Å². The molecule has 0 fully saturated rings. The second-order valence-electron chi connectivity index (χ2n) is 3.63. The fourth-order valence-corrected chi connectivity index (χ4v) is 1.72. The molecule has 0 unspecified atom stereocenters. The fraction of sp³-hybridized carbons (Fsp3) is 0.0769. The summed E-state index contributed by atoms with van der Waals surface area (Å²) in [5.74, 6) is 0. The van der Waals surface area contributed by atoms with Crippen LogP contribution in [0, 0.1) is 18.3 Å². The van der Waals surface area contributed by atoms with Gasteiger partial charge in [0.05, 0.1) is 0 Å². The zero-order chi connectivity index (χ0) is 12.3. The zero-order valence-corrected chi connectivity index (χ0v) is 9.99. The maximum absolute atomic E-state index is 8.76. The average molecular weight is 244 g/mol. The van der Waals surface area contributed by atoms with Crippen molar-refractivity contribution in [3.8, 4) is 6.07 Å². The first-order chi connectivity index (χ1) is 8.19. The van der Waals surface area contributed by atoms with E-state index in [9.17, 15) is 0 Å². The third-order valence-corrected chi connectivity index (χ3v) is 2.58. The molecule has 3 nitrogen and oxygen atoms in total. The van der Waals surface area contributed by atoms with Crippen LogP contribution in [0.2, 0.25) is 5.02 Å². The van der Waals surface area contributed by atoms with Crippen LogP contribution in [0.4, 0.5) is 11.4 Å². The molecule has 84 valence electrons. The third-order valence-electron chi connectivity index (χ3n) is 2.34. The van der Waals surface area contributed by atoms with Gasteiger partial charge in [-0.3, -0.25) is 0 Å². The minimum Gasteiger partial charge on any atom is -0.355 e. The molecule has 1 heterocycles. The summed E-state index contributed by atoms with van der Waals surface area (Å²) in [4.78, 5) is 3.91. The van der Waals surface area contributed by atoms with Gasteiger partial charge in [-0.15, -0.1) is 0 Å². The summed E-state index contributed by atoms with van der Waals surface area (Å²) < 4.78 is 0. The molecule has 0 aliphatic rings. The summed E-state index contributed by atoms with van der Waals surface area (Å²) in [6.07, 6.45) is 1.60. The molecule has 1 N–H and O–H groups in total. The number of pyridine rings is 1. The Morgan fingerprint density at radius 3 is 2.82 bits per heavy atom. The van der Waals surface area contributed by atoms with Gasteiger partial charge in [0.1, 0.15) is 11.8 Å². The summed E-state index contributed by atoms with van der Waals surface area (Å²) in [5.41, 5.74) is 3.24. The van der Waals surface area contributed by atoms with Crippen LogP contribution in [0.1, 0.15) is 11.3 Å². The summed E-state index contributed by atoms with van der Waals surface area (Å²) in [6.45, 7) is 1.97. The number of aryl methyl sites for hydroxylation is 1. The van der Waals surface area contributed by atoms with Gasteiger partial charge < -0.3 is 5.32 Å². The largest absolute Gasteiger partial charge is 0.355 e. The van der Waals surface area contributed by atoms with E-state index in [0.29, 0.717) is 10.7 Å². The van der Waals surface area contributed by atoms with Crippen molar-refractivity contribution >= 4 is 23.0 Å². The molecular weight excluding hydrogens is 234 g/mol. The minimum atomic E-state index is 0.390. The monoisotopic (exact) mass is 243 g/mol. The highest BCUT2D eigenvalue weighted by atomic mass is 35.5. The van der Waals surface area contributed by atoms with Crippen LogP contribution < -0.4 is 5.32 Å². The minimum absolute atomic E-state index is 0.390. The number of hydrogen-bond donors (Lipinski definition) is 1. The number of aromatic nitrogens is 1. The van der Waals surface area contributed by atoms with Crippen molar-refractivity contribution in [2.45, 2.75) is 6.92 Å². The molecule has 17 heavy (non-hydrogen) atoms. The number of anilines is 2. The van der Waals surface area contributed by atoms with Gasteiger partial charge in [-0.25, -0.2) is 4.98 Å². The first kappa shape index (κ1) is 11.4. The predicted octanol–water partition coefficient (Wildman–Crippen LogP) is 3.66. The van der Waals surface area contributed by atoms with Gasteiger partial charge in [-0.2, -0.15) is 5.26 Å². The lowest BCUT2D eigenvalue weighted by molar-refractivity contribution is 1.26. The van der Waals surface area contributed by atoms with Gasteiger partial charge in [-0.05, 0) is 42.8 Å². The van der Waals surface area contributed by atoms with Crippen LogP contribution in [-0.2, 0) is 0 Å². The molecule has 0 aliphatic heterocycles. The highest BCUT2D eigenvalue weighted by Gasteiger charge is 2.01. The van der Waals surface area contributed by atoms with Gasteiger partial charge in [-0.1, -0.05) is 11.6 Å². The van der Waals surface area contributed by atoms with E-state index in [0.717, 1.165) is 16.9 Å². The van der Waals surface area contributed by atoms with Crippen LogP contribution in [0.15, 0.2) is 36.5 Å². The molecule has 0 aliphatic carbocycles. The second-order valence-corrected chi connectivity index (χ2v) is 4.06. The first-order valence-electron chi connectivity index (χ1n) is 5.08. The van der Waals surface area contributed by atoms with Gasteiger partial charge in [0.25, 0.3) is 0 Å². The number of halogens is 1. The average Bonchev–Trinajstić information content (AvgIpc) is 2.33. The molecular formula is C13H10ClN3. The lowest BCUT2D eigenvalue weighted by atomic mass is 10.2. The molecule has 1 aromatic carbocycles. The SMILES string of the molecule is Cc1cc(Cl)ccc1Nc1ccnc(C#N)c1. The number of hydrogen-bond acceptors (Lipinski definition) is 3. The fourth-order valence-electron chi connectivity index (χ4n) is 1.49. The summed E-state index contributed by atoms with van der Waals surface area (Å²) in [7, 11) is 0. The summed E-state index contributed by atoms with van der Waals surface area (Å²) in [6, 6.07) is 11.1. The molecule has 0 bridgehead atoms. The molecule has 1 aromatic heterocycles. The van der Waals surface area contributed by atoms with Gasteiger partial charge in [0.2, 0.25) is 0 Å². The Morgan fingerprint density at radius 2 is 2.12 bits per heavy atom. The lowest BCUT2D eigenvalue weighted by Crippen LogP contribution is -1.94. The Bertz CT molecular complexity index is 587. The summed E-state index contributed by atoms with van der Waals surface area (Å²) in [5, 5.41) is 12.7. The first-order valence-corrected chi connectivity index (χ1v) is 5.46. The van der Waals surface area contributed by atoms with E-state index in [4.69, 9.17) is 16.9 Å². The number of nitriles is 1. The zero-order valence-electron chi connectivity index (χ0n) is 9.24. The Morgan fingerprint density at radius 1 is 1.29 bits per heavy atom. The molecule has 0 radical (unpaired) electrons. The van der Waals surface area contributed by atoms with Crippen molar-refractivity contribution in [1.29, 1.82) is 5.26 Å². The maximum Gasteiger partial charge on any atom is 0.142 e. The molecule has 0 spiro atoms. The number of nitrogens with zero attached hydrogens (tertiary/aromatic N) is 2. The Labute approximate surface area is 105 Å². The smallest absolute Gasteiger partial charge is 0.142 e. The number of nitrogens with one attached hydrogen (secondary N) is 1. The van der Waals surface area contributed by atoms with E-state index in [1.807, 2.05) is 37.3 Å². The Hall–Kier alpha value is -2.05. The van der Waals surface area contributed by atoms with Crippen molar-refractivity contribution in [3.05, 3.63) is 52.8 Å². The van der Waals surface area contributed by atoms with E-state index in [2.05, 4.69) is 10.3 Å². The van der Waals surface area contributed by atoms with Crippen molar-refractivity contribution in [1.82, 2.24) is 4.98 Å². The highest BCUT2D eigenvalue weighted by molar-refractivity contribution is 6.30. The number of rotatable bonds is 2. The lowest BCUT2D eigenvalue weighted by Gasteiger charge is -2.09. The van der Waals surface area contributed by atoms with Crippen LogP contribution in [-0.4, -0.2) is 4.98 Å². The van der Waals surface area contributed by atoms with Crippen LogP contribution in [0.25, 0.3) is 0 Å². The summed E-state index contributed by atoms with van der Waals surface area (Å²) >= 11 is 5.89. The van der Waals surface area contributed by atoms with Gasteiger partial charge in [0.15, 0.2) is 0 Å². The third kappa shape index (κ3) is 2.74. The van der Waals surface area contributed by atoms with Crippen molar-refractivity contribution in [2.75, 3.05) is 5.32 Å². The van der Waals surface area contributed by atoms with Crippen LogP contribution in [0.3, 0.4) is 0 Å². The predicted molar refractivity (Wildman–Crippen MR) is 68.4 cm³/mol. The molecule has 0 atom stereocenters. The maximum atomic E-state index is 8.76. The molecule has 2 aromatic rings. The van der Waals surface area contributed by atoms with E-state index >= 15 is 0 Å². The van der Waals surface area contributed by atoms with Crippen molar-refractivity contribution < 1.29 is 0 Å². The quantitative estimate of drug-likeness (QED) is 0.876. The van der Waals surface area contributed by atoms with Crippen LogP contribution in [0.5, 0.6) is 0 Å².